The molecule has 0 aliphatic heterocycles. The second-order valence-electron chi connectivity index (χ2n) is 4.65. The van der Waals surface area contributed by atoms with E-state index in [1.165, 1.54) is 11.8 Å². The number of likely N-dealkylation sites (N-methyl/N-ethyl adjacent to an activating group) is 1. The molecule has 1 aromatic rings. The first-order valence-electron chi connectivity index (χ1n) is 6.12. The van der Waals surface area contributed by atoms with Crippen molar-refractivity contribution in [1.29, 1.82) is 0 Å². The summed E-state index contributed by atoms with van der Waals surface area (Å²) in [7, 11) is 1.89. The summed E-state index contributed by atoms with van der Waals surface area (Å²) in [4.78, 5) is 11.8. The van der Waals surface area contributed by atoms with E-state index in [4.69, 9.17) is 5.73 Å². The molecule has 1 fully saturated rings. The first-order valence-corrected chi connectivity index (χ1v) is 7.10. The van der Waals surface area contributed by atoms with Crippen LogP contribution in [-0.4, -0.2) is 38.5 Å². The van der Waals surface area contributed by atoms with Gasteiger partial charge in [0.05, 0.1) is 0 Å². The number of aromatic nitrogens is 3. The molecule has 0 spiro atoms. The highest BCUT2D eigenvalue weighted by Gasteiger charge is 2.49. The summed E-state index contributed by atoms with van der Waals surface area (Å²) in [6.07, 6.45) is 3.78. The third kappa shape index (κ3) is 2.51. The van der Waals surface area contributed by atoms with Crippen molar-refractivity contribution >= 4 is 17.7 Å². The molecule has 1 amide bonds. The molecule has 6 nitrogen and oxygen atoms in total. The molecule has 2 rings (SSSR count). The average Bonchev–Trinajstić information content (AvgIpc) is 3.09. The van der Waals surface area contributed by atoms with Gasteiger partial charge >= 0.3 is 0 Å². The zero-order valence-corrected chi connectivity index (χ0v) is 11.5. The van der Waals surface area contributed by atoms with Gasteiger partial charge in [0.15, 0.2) is 5.16 Å². The Morgan fingerprint density at radius 2 is 2.44 bits per heavy atom. The Hall–Kier alpha value is -1.08. The first-order chi connectivity index (χ1) is 8.60. The second kappa shape index (κ2) is 5.27. The Balaban J connectivity index is 2.10. The van der Waals surface area contributed by atoms with E-state index in [-0.39, 0.29) is 5.91 Å². The lowest BCUT2D eigenvalue weighted by atomic mass is 9.94. The number of amides is 1. The van der Waals surface area contributed by atoms with Crippen molar-refractivity contribution in [2.24, 2.45) is 18.7 Å². The highest BCUT2D eigenvalue weighted by Crippen LogP contribution is 2.42. The Labute approximate surface area is 111 Å². The number of hydrogen-bond acceptors (Lipinski definition) is 5. The smallest absolute Gasteiger partial charge is 0.238 e. The number of primary amides is 1. The summed E-state index contributed by atoms with van der Waals surface area (Å²) in [6.45, 7) is 2.73. The summed E-state index contributed by atoms with van der Waals surface area (Å²) in [5, 5.41) is 11.9. The van der Waals surface area contributed by atoms with Crippen LogP contribution in [0.25, 0.3) is 0 Å². The summed E-state index contributed by atoms with van der Waals surface area (Å²) in [5.74, 6) is 0.699. The van der Waals surface area contributed by atoms with Crippen LogP contribution in [0.5, 0.6) is 0 Å². The number of nitrogens with zero attached hydrogens (tertiary/aromatic N) is 3. The molecule has 1 aliphatic carbocycles. The Bertz CT molecular complexity index is 431. The van der Waals surface area contributed by atoms with Gasteiger partial charge in [-0.05, 0) is 25.3 Å². The number of carbonyl (C=O) groups excluding carboxylic acids is 1. The molecule has 1 heterocycles. The van der Waals surface area contributed by atoms with E-state index >= 15 is 0 Å². The number of rotatable bonds is 7. The van der Waals surface area contributed by atoms with Crippen molar-refractivity contribution in [2.45, 2.75) is 30.5 Å². The number of carbonyl (C=O) groups is 1. The van der Waals surface area contributed by atoms with Crippen LogP contribution in [-0.2, 0) is 11.8 Å². The van der Waals surface area contributed by atoms with Crippen LogP contribution < -0.4 is 11.1 Å². The monoisotopic (exact) mass is 269 g/mol. The van der Waals surface area contributed by atoms with Crippen LogP contribution in [0.3, 0.4) is 0 Å². The molecule has 0 bridgehead atoms. The lowest BCUT2D eigenvalue weighted by Gasteiger charge is -2.31. The summed E-state index contributed by atoms with van der Waals surface area (Å²) < 4.78 is 1.84. The van der Waals surface area contributed by atoms with Gasteiger partial charge in [0.2, 0.25) is 5.91 Å². The van der Waals surface area contributed by atoms with Crippen molar-refractivity contribution in [3.05, 3.63) is 6.33 Å². The zero-order chi connectivity index (χ0) is 13.2. The fourth-order valence-electron chi connectivity index (χ4n) is 2.15. The van der Waals surface area contributed by atoms with Crippen LogP contribution >= 0.6 is 11.8 Å². The predicted molar refractivity (Wildman–Crippen MR) is 70.1 cm³/mol. The van der Waals surface area contributed by atoms with Gasteiger partial charge in [0.1, 0.15) is 11.9 Å². The van der Waals surface area contributed by atoms with E-state index in [0.29, 0.717) is 11.7 Å². The summed E-state index contributed by atoms with van der Waals surface area (Å²) in [6, 6.07) is 0. The molecule has 100 valence electrons. The van der Waals surface area contributed by atoms with Crippen LogP contribution in [0.2, 0.25) is 0 Å². The van der Waals surface area contributed by atoms with Crippen LogP contribution in [0.4, 0.5) is 0 Å². The zero-order valence-electron chi connectivity index (χ0n) is 10.7. The molecule has 3 N–H and O–H groups in total. The second-order valence-corrected chi connectivity index (χ2v) is 5.60. The molecule has 7 heteroatoms. The maximum atomic E-state index is 11.8. The van der Waals surface area contributed by atoms with E-state index < -0.39 is 5.54 Å². The highest BCUT2D eigenvalue weighted by atomic mass is 32.2. The van der Waals surface area contributed by atoms with E-state index in [0.717, 1.165) is 24.5 Å². The van der Waals surface area contributed by atoms with Crippen molar-refractivity contribution in [3.63, 3.8) is 0 Å². The predicted octanol–water partition coefficient (Wildman–Crippen LogP) is 0.151. The van der Waals surface area contributed by atoms with Crippen LogP contribution in [0, 0.1) is 5.92 Å². The molecular weight excluding hydrogens is 250 g/mol. The first kappa shape index (κ1) is 13.4. The normalized spacial score (nSPS) is 18.6. The fourth-order valence-corrected chi connectivity index (χ4v) is 3.34. The number of hydrogen-bond donors (Lipinski definition) is 2. The molecular formula is C11H19N5OS. The molecule has 1 atom stereocenters. The molecule has 0 aromatic carbocycles. The van der Waals surface area contributed by atoms with Gasteiger partial charge in [-0.1, -0.05) is 18.7 Å². The number of aryl methyl sites for hydroxylation is 1. The average molecular weight is 269 g/mol. The van der Waals surface area contributed by atoms with Gasteiger partial charge in [-0.15, -0.1) is 10.2 Å². The summed E-state index contributed by atoms with van der Waals surface area (Å²) in [5.41, 5.74) is 5.01. The standard InChI is InChI=1S/C11H19N5OS/c1-3-13-11(9(12)17,8-4-5-8)6-18-10-15-14-7-16(10)2/h7-8,13H,3-6H2,1-2H3,(H2,12,17). The van der Waals surface area contributed by atoms with Crippen molar-refractivity contribution in [1.82, 2.24) is 20.1 Å². The topological polar surface area (TPSA) is 85.8 Å². The molecule has 1 saturated carbocycles. The largest absolute Gasteiger partial charge is 0.368 e. The number of thioether (sulfide) groups is 1. The van der Waals surface area contributed by atoms with Gasteiger partial charge in [-0.25, -0.2) is 0 Å². The van der Waals surface area contributed by atoms with Gasteiger partial charge in [-0.3, -0.25) is 4.79 Å². The SMILES string of the molecule is CCNC(CSc1nncn1C)(C(N)=O)C1CC1. The van der Waals surface area contributed by atoms with Crippen LogP contribution in [0.15, 0.2) is 11.5 Å². The minimum absolute atomic E-state index is 0.262. The highest BCUT2D eigenvalue weighted by molar-refractivity contribution is 7.99. The maximum absolute atomic E-state index is 11.8. The third-order valence-electron chi connectivity index (χ3n) is 3.30. The van der Waals surface area contributed by atoms with Gasteiger partial charge in [0.25, 0.3) is 0 Å². The molecule has 1 aliphatic rings. The van der Waals surface area contributed by atoms with Gasteiger partial charge in [-0.2, -0.15) is 0 Å². The van der Waals surface area contributed by atoms with Crippen molar-refractivity contribution < 1.29 is 4.79 Å². The van der Waals surface area contributed by atoms with E-state index in [9.17, 15) is 4.79 Å². The minimum atomic E-state index is -0.606. The number of nitrogens with two attached hydrogens (primary N) is 1. The maximum Gasteiger partial charge on any atom is 0.238 e. The lowest BCUT2D eigenvalue weighted by molar-refractivity contribution is -0.124. The molecule has 18 heavy (non-hydrogen) atoms. The Morgan fingerprint density at radius 3 is 2.89 bits per heavy atom. The fraction of sp³-hybridized carbons (Fsp3) is 0.727. The molecule has 0 radical (unpaired) electrons. The Kier molecular flexibility index (Phi) is 3.91. The van der Waals surface area contributed by atoms with Crippen LogP contribution in [0.1, 0.15) is 19.8 Å². The summed E-state index contributed by atoms with van der Waals surface area (Å²) >= 11 is 1.52. The number of nitrogens with one attached hydrogen (secondary N) is 1. The molecule has 0 saturated heterocycles. The van der Waals surface area contributed by atoms with Gasteiger partial charge in [0, 0.05) is 12.8 Å². The van der Waals surface area contributed by atoms with E-state index in [1.807, 2.05) is 18.5 Å². The Morgan fingerprint density at radius 1 is 1.72 bits per heavy atom. The quantitative estimate of drug-likeness (QED) is 0.688. The minimum Gasteiger partial charge on any atom is -0.368 e. The van der Waals surface area contributed by atoms with E-state index in [1.54, 1.807) is 6.33 Å². The molecule has 1 aromatic heterocycles. The van der Waals surface area contributed by atoms with E-state index in [2.05, 4.69) is 15.5 Å². The third-order valence-corrected chi connectivity index (χ3v) is 4.53. The van der Waals surface area contributed by atoms with Crippen molar-refractivity contribution in [2.75, 3.05) is 12.3 Å². The van der Waals surface area contributed by atoms with Gasteiger partial charge < -0.3 is 15.6 Å². The molecule has 1 unspecified atom stereocenters. The lowest BCUT2D eigenvalue weighted by Crippen LogP contribution is -2.59. The van der Waals surface area contributed by atoms with Crippen molar-refractivity contribution in [3.8, 4) is 0 Å².